The SMILES string of the molecule is CCC(C)(C)C(CC(C)(C)C)c1ccc(/C(C#N)=C/c2ccc(N(c3ccccc3)c3ccccc3)cc2)cc1. The minimum atomic E-state index is 0.206. The van der Waals surface area contributed by atoms with Gasteiger partial charge in [0.05, 0.1) is 11.6 Å². The molecule has 0 saturated heterocycles. The second-order valence-corrected chi connectivity index (χ2v) is 12.5. The van der Waals surface area contributed by atoms with Crippen LogP contribution in [0.25, 0.3) is 11.6 Å². The van der Waals surface area contributed by atoms with Gasteiger partial charge < -0.3 is 4.90 Å². The quantitative estimate of drug-likeness (QED) is 0.160. The second-order valence-electron chi connectivity index (χ2n) is 12.5. The zero-order valence-corrected chi connectivity index (χ0v) is 24.9. The van der Waals surface area contributed by atoms with Crippen LogP contribution in [0.1, 0.15) is 77.0 Å². The van der Waals surface area contributed by atoms with Gasteiger partial charge in [0, 0.05) is 17.1 Å². The second kappa shape index (κ2) is 12.4. The van der Waals surface area contributed by atoms with Crippen LogP contribution >= 0.6 is 0 Å². The van der Waals surface area contributed by atoms with E-state index in [1.54, 1.807) is 0 Å². The molecule has 40 heavy (non-hydrogen) atoms. The topological polar surface area (TPSA) is 27.0 Å². The number of hydrogen-bond donors (Lipinski definition) is 0. The lowest BCUT2D eigenvalue weighted by Crippen LogP contribution is -2.26. The van der Waals surface area contributed by atoms with Gasteiger partial charge in [-0.1, -0.05) is 121 Å². The van der Waals surface area contributed by atoms with Gasteiger partial charge in [0.25, 0.3) is 0 Å². The number of allylic oxidation sites excluding steroid dienone is 1. The van der Waals surface area contributed by atoms with Crippen molar-refractivity contribution in [3.63, 3.8) is 0 Å². The Labute approximate surface area is 241 Å². The molecule has 0 fully saturated rings. The summed E-state index contributed by atoms with van der Waals surface area (Å²) in [7, 11) is 0. The highest BCUT2D eigenvalue weighted by atomic mass is 15.1. The van der Waals surface area contributed by atoms with Crippen molar-refractivity contribution in [3.05, 3.63) is 126 Å². The first-order chi connectivity index (χ1) is 19.1. The molecule has 0 aliphatic carbocycles. The molecule has 0 saturated carbocycles. The Morgan fingerprint density at radius 3 is 1.68 bits per heavy atom. The molecule has 0 heterocycles. The van der Waals surface area contributed by atoms with Crippen LogP contribution in [0.4, 0.5) is 17.1 Å². The van der Waals surface area contributed by atoms with Gasteiger partial charge in [0.1, 0.15) is 0 Å². The molecule has 0 N–H and O–H groups in total. The summed E-state index contributed by atoms with van der Waals surface area (Å²) in [5, 5.41) is 10.1. The standard InChI is InChI=1S/C38H42N2/c1-7-38(5,6)36(27-37(2,3)4)31-22-20-30(21-23-31)32(28-39)26-29-18-24-35(25-19-29)40(33-14-10-8-11-15-33)34-16-12-9-13-17-34/h8-26,36H,7,27H2,1-6H3/b32-26+. The zero-order valence-electron chi connectivity index (χ0n) is 24.9. The first-order valence-electron chi connectivity index (χ1n) is 14.3. The molecule has 1 atom stereocenters. The van der Waals surface area contributed by atoms with Gasteiger partial charge in [-0.25, -0.2) is 0 Å². The van der Waals surface area contributed by atoms with Gasteiger partial charge in [0.2, 0.25) is 0 Å². The van der Waals surface area contributed by atoms with Crippen LogP contribution in [0, 0.1) is 22.2 Å². The Balaban J connectivity index is 1.61. The summed E-state index contributed by atoms with van der Waals surface area (Å²) in [4.78, 5) is 2.24. The first-order valence-corrected chi connectivity index (χ1v) is 14.3. The molecule has 4 aromatic carbocycles. The third kappa shape index (κ3) is 7.10. The monoisotopic (exact) mass is 526 g/mol. The van der Waals surface area contributed by atoms with Crippen LogP contribution < -0.4 is 4.90 Å². The predicted octanol–water partition coefficient (Wildman–Crippen LogP) is 11.2. The van der Waals surface area contributed by atoms with Gasteiger partial charge in [0.15, 0.2) is 0 Å². The summed E-state index contributed by atoms with van der Waals surface area (Å²) >= 11 is 0. The van der Waals surface area contributed by atoms with Gasteiger partial charge in [-0.3, -0.25) is 0 Å². The molecule has 0 spiro atoms. The summed E-state index contributed by atoms with van der Waals surface area (Å²) in [6, 6.07) is 40.3. The van der Waals surface area contributed by atoms with Crippen molar-refractivity contribution in [2.75, 3.05) is 4.90 Å². The number of rotatable bonds is 9. The van der Waals surface area contributed by atoms with E-state index in [1.165, 1.54) is 5.56 Å². The van der Waals surface area contributed by atoms with Crippen LogP contribution in [0.5, 0.6) is 0 Å². The molecule has 0 aliphatic heterocycles. The van der Waals surface area contributed by atoms with Crippen molar-refractivity contribution < 1.29 is 0 Å². The van der Waals surface area contributed by atoms with Crippen LogP contribution in [0.15, 0.2) is 109 Å². The molecule has 0 aromatic heterocycles. The zero-order chi connectivity index (χ0) is 28.8. The van der Waals surface area contributed by atoms with Crippen LogP contribution in [-0.4, -0.2) is 0 Å². The van der Waals surface area contributed by atoms with Crippen LogP contribution in [0.3, 0.4) is 0 Å². The normalized spacial score (nSPS) is 13.0. The van der Waals surface area contributed by atoms with Crippen molar-refractivity contribution in [1.29, 1.82) is 5.26 Å². The third-order valence-electron chi connectivity index (χ3n) is 7.91. The van der Waals surface area contributed by atoms with E-state index in [0.717, 1.165) is 41.0 Å². The Kier molecular flexibility index (Phi) is 8.96. The minimum absolute atomic E-state index is 0.206. The summed E-state index contributed by atoms with van der Waals surface area (Å²) in [5.74, 6) is 0.464. The molecular weight excluding hydrogens is 484 g/mol. The molecule has 0 bridgehead atoms. The Hall–Kier alpha value is -4.09. The fourth-order valence-corrected chi connectivity index (χ4v) is 5.27. The summed E-state index contributed by atoms with van der Waals surface area (Å²) < 4.78 is 0. The van der Waals surface area contributed by atoms with E-state index in [2.05, 4.69) is 150 Å². The van der Waals surface area contributed by atoms with Gasteiger partial charge >= 0.3 is 0 Å². The van der Waals surface area contributed by atoms with Crippen molar-refractivity contribution in [2.45, 2.75) is 60.3 Å². The van der Waals surface area contributed by atoms with E-state index in [1.807, 2.05) is 18.2 Å². The fraction of sp³-hybridized carbons (Fsp3) is 0.289. The molecular formula is C38H42N2. The molecule has 1 unspecified atom stereocenters. The first kappa shape index (κ1) is 28.9. The maximum absolute atomic E-state index is 10.1. The van der Waals surface area contributed by atoms with Crippen molar-refractivity contribution in [1.82, 2.24) is 0 Å². The van der Waals surface area contributed by atoms with Crippen molar-refractivity contribution in [3.8, 4) is 6.07 Å². The van der Waals surface area contributed by atoms with E-state index in [0.29, 0.717) is 11.5 Å². The summed E-state index contributed by atoms with van der Waals surface area (Å²) in [6.07, 6.45) is 4.24. The fourth-order valence-electron chi connectivity index (χ4n) is 5.27. The van der Waals surface area contributed by atoms with E-state index >= 15 is 0 Å². The predicted molar refractivity (Wildman–Crippen MR) is 172 cm³/mol. The lowest BCUT2D eigenvalue weighted by molar-refractivity contribution is 0.203. The van der Waals surface area contributed by atoms with Gasteiger partial charge in [-0.05, 0) is 82.3 Å². The van der Waals surface area contributed by atoms with E-state index in [9.17, 15) is 5.26 Å². The maximum atomic E-state index is 10.1. The minimum Gasteiger partial charge on any atom is -0.311 e. The number of anilines is 3. The highest BCUT2D eigenvalue weighted by molar-refractivity contribution is 5.90. The van der Waals surface area contributed by atoms with Crippen LogP contribution in [-0.2, 0) is 0 Å². The average molecular weight is 527 g/mol. The summed E-state index contributed by atoms with van der Waals surface area (Å²) in [5.41, 5.74) is 7.71. The summed E-state index contributed by atoms with van der Waals surface area (Å²) in [6.45, 7) is 14.0. The highest BCUT2D eigenvalue weighted by Gasteiger charge is 2.32. The number of para-hydroxylation sites is 2. The molecule has 2 heteroatoms. The maximum Gasteiger partial charge on any atom is 0.0998 e. The Morgan fingerprint density at radius 2 is 1.23 bits per heavy atom. The van der Waals surface area contributed by atoms with Crippen LogP contribution in [0.2, 0.25) is 0 Å². The molecule has 2 nitrogen and oxygen atoms in total. The molecule has 204 valence electrons. The van der Waals surface area contributed by atoms with Crippen molar-refractivity contribution >= 4 is 28.7 Å². The average Bonchev–Trinajstić information content (AvgIpc) is 2.96. The molecule has 4 aromatic rings. The Morgan fingerprint density at radius 1 is 0.725 bits per heavy atom. The lowest BCUT2D eigenvalue weighted by atomic mass is 9.67. The van der Waals surface area contributed by atoms with E-state index < -0.39 is 0 Å². The third-order valence-corrected chi connectivity index (χ3v) is 7.91. The molecule has 0 aliphatic rings. The van der Waals surface area contributed by atoms with Gasteiger partial charge in [-0.2, -0.15) is 5.26 Å². The lowest BCUT2D eigenvalue weighted by Gasteiger charge is -2.38. The molecule has 4 rings (SSSR count). The number of benzene rings is 4. The highest BCUT2D eigenvalue weighted by Crippen LogP contribution is 2.45. The number of hydrogen-bond acceptors (Lipinski definition) is 2. The van der Waals surface area contributed by atoms with Gasteiger partial charge in [-0.15, -0.1) is 0 Å². The Bertz CT molecular complexity index is 1390. The van der Waals surface area contributed by atoms with E-state index in [-0.39, 0.29) is 10.8 Å². The molecule has 0 amide bonds. The van der Waals surface area contributed by atoms with E-state index in [4.69, 9.17) is 0 Å². The smallest absolute Gasteiger partial charge is 0.0998 e. The molecule has 0 radical (unpaired) electrons. The number of nitriles is 1. The number of nitrogens with zero attached hydrogens (tertiary/aromatic N) is 2. The van der Waals surface area contributed by atoms with Crippen molar-refractivity contribution in [2.24, 2.45) is 10.8 Å². The largest absolute Gasteiger partial charge is 0.311 e.